The predicted octanol–water partition coefficient (Wildman–Crippen LogP) is 1.68. The van der Waals surface area contributed by atoms with E-state index in [1.165, 1.54) is 0 Å². The lowest BCUT2D eigenvalue weighted by molar-refractivity contribution is 0.418. The van der Waals surface area contributed by atoms with E-state index in [4.69, 9.17) is 10.5 Å². The van der Waals surface area contributed by atoms with Gasteiger partial charge in [-0.3, -0.25) is 4.68 Å². The van der Waals surface area contributed by atoms with Crippen LogP contribution in [0.15, 0.2) is 30.5 Å². The second-order valence-corrected chi connectivity index (χ2v) is 3.30. The molecule has 2 rings (SSSR count). The maximum Gasteiger partial charge on any atom is 0.151 e. The van der Waals surface area contributed by atoms with Crippen molar-refractivity contribution in [3.8, 4) is 17.0 Å². The standard InChI is InChI=1S/C11H13N3O/c1-14-7-6-10(13-14)8-4-3-5-9(12)11(8)15-2/h3-7H,12H2,1-2H3. The topological polar surface area (TPSA) is 53.1 Å². The van der Waals surface area contributed by atoms with Crippen LogP contribution in [0.2, 0.25) is 0 Å². The van der Waals surface area contributed by atoms with E-state index in [-0.39, 0.29) is 0 Å². The van der Waals surface area contributed by atoms with Crippen LogP contribution in [0.4, 0.5) is 5.69 Å². The Kier molecular flexibility index (Phi) is 2.33. The number of hydrogen-bond acceptors (Lipinski definition) is 3. The van der Waals surface area contributed by atoms with Crippen molar-refractivity contribution in [1.29, 1.82) is 0 Å². The number of nitrogen functional groups attached to an aromatic ring is 1. The van der Waals surface area contributed by atoms with Crippen LogP contribution >= 0.6 is 0 Å². The summed E-state index contributed by atoms with van der Waals surface area (Å²) in [7, 11) is 3.49. The van der Waals surface area contributed by atoms with Gasteiger partial charge in [-0.15, -0.1) is 0 Å². The number of methoxy groups -OCH3 is 1. The fourth-order valence-corrected chi connectivity index (χ4v) is 1.54. The van der Waals surface area contributed by atoms with Crippen molar-refractivity contribution >= 4 is 5.69 Å². The van der Waals surface area contributed by atoms with Gasteiger partial charge in [0.15, 0.2) is 5.75 Å². The lowest BCUT2D eigenvalue weighted by atomic mass is 10.1. The molecule has 0 unspecified atom stereocenters. The molecule has 4 heteroatoms. The largest absolute Gasteiger partial charge is 0.494 e. The van der Waals surface area contributed by atoms with Crippen LogP contribution in [0.1, 0.15) is 0 Å². The van der Waals surface area contributed by atoms with Crippen molar-refractivity contribution in [3.05, 3.63) is 30.5 Å². The molecule has 78 valence electrons. The van der Waals surface area contributed by atoms with Gasteiger partial charge in [0.1, 0.15) is 0 Å². The minimum atomic E-state index is 0.626. The van der Waals surface area contributed by atoms with Crippen molar-refractivity contribution < 1.29 is 4.74 Å². The van der Waals surface area contributed by atoms with Gasteiger partial charge < -0.3 is 10.5 Å². The van der Waals surface area contributed by atoms with Crippen LogP contribution in [-0.4, -0.2) is 16.9 Å². The molecule has 0 aliphatic rings. The van der Waals surface area contributed by atoms with Crippen molar-refractivity contribution in [1.82, 2.24) is 9.78 Å². The number of nitrogens with two attached hydrogens (primary N) is 1. The SMILES string of the molecule is COc1c(N)cccc1-c1ccn(C)n1. The Morgan fingerprint density at radius 3 is 2.73 bits per heavy atom. The normalized spacial score (nSPS) is 10.3. The zero-order chi connectivity index (χ0) is 10.8. The molecule has 0 amide bonds. The third kappa shape index (κ3) is 1.66. The number of para-hydroxylation sites is 1. The third-order valence-corrected chi connectivity index (χ3v) is 2.24. The molecule has 2 aromatic rings. The first-order valence-electron chi connectivity index (χ1n) is 4.65. The smallest absolute Gasteiger partial charge is 0.151 e. The summed E-state index contributed by atoms with van der Waals surface area (Å²) in [6.45, 7) is 0. The molecule has 0 atom stereocenters. The molecular formula is C11H13N3O. The molecule has 2 N–H and O–H groups in total. The zero-order valence-electron chi connectivity index (χ0n) is 8.77. The summed E-state index contributed by atoms with van der Waals surface area (Å²) in [5, 5.41) is 4.31. The average Bonchev–Trinajstić information content (AvgIpc) is 2.64. The van der Waals surface area contributed by atoms with Gasteiger partial charge in [0.25, 0.3) is 0 Å². The average molecular weight is 203 g/mol. The number of ether oxygens (including phenoxy) is 1. The van der Waals surface area contributed by atoms with Crippen LogP contribution in [0.3, 0.4) is 0 Å². The van der Waals surface area contributed by atoms with Crippen molar-refractivity contribution in [2.45, 2.75) is 0 Å². The van der Waals surface area contributed by atoms with E-state index in [2.05, 4.69) is 5.10 Å². The van der Waals surface area contributed by atoms with E-state index in [9.17, 15) is 0 Å². The van der Waals surface area contributed by atoms with Crippen LogP contribution in [0.5, 0.6) is 5.75 Å². The highest BCUT2D eigenvalue weighted by molar-refractivity contribution is 5.74. The van der Waals surface area contributed by atoms with Gasteiger partial charge in [0, 0.05) is 18.8 Å². The molecule has 0 aliphatic heterocycles. The van der Waals surface area contributed by atoms with E-state index in [1.807, 2.05) is 37.5 Å². The van der Waals surface area contributed by atoms with Crippen LogP contribution in [-0.2, 0) is 7.05 Å². The molecule has 0 spiro atoms. The number of benzene rings is 1. The van der Waals surface area contributed by atoms with E-state index in [0.717, 1.165) is 11.3 Å². The summed E-state index contributed by atoms with van der Waals surface area (Å²) < 4.78 is 7.01. The number of hydrogen-bond donors (Lipinski definition) is 1. The predicted molar refractivity (Wildman–Crippen MR) is 59.6 cm³/mol. The highest BCUT2D eigenvalue weighted by Crippen LogP contribution is 2.33. The Morgan fingerprint density at radius 2 is 2.13 bits per heavy atom. The maximum atomic E-state index is 5.82. The lowest BCUT2D eigenvalue weighted by Crippen LogP contribution is -1.95. The highest BCUT2D eigenvalue weighted by atomic mass is 16.5. The minimum absolute atomic E-state index is 0.626. The summed E-state index contributed by atoms with van der Waals surface area (Å²) in [5.41, 5.74) is 8.22. The van der Waals surface area contributed by atoms with Gasteiger partial charge in [-0.25, -0.2) is 0 Å². The Morgan fingerprint density at radius 1 is 1.33 bits per heavy atom. The summed E-state index contributed by atoms with van der Waals surface area (Å²) in [6, 6.07) is 7.57. The number of aromatic nitrogens is 2. The van der Waals surface area contributed by atoms with Gasteiger partial charge in [-0.1, -0.05) is 6.07 Å². The molecule has 1 heterocycles. The van der Waals surface area contributed by atoms with Crippen molar-refractivity contribution in [2.75, 3.05) is 12.8 Å². The van der Waals surface area contributed by atoms with Gasteiger partial charge in [0.05, 0.1) is 18.5 Å². The molecule has 1 aromatic heterocycles. The number of rotatable bonds is 2. The quantitative estimate of drug-likeness (QED) is 0.755. The van der Waals surface area contributed by atoms with Crippen LogP contribution in [0.25, 0.3) is 11.3 Å². The monoisotopic (exact) mass is 203 g/mol. The Hall–Kier alpha value is -1.97. The number of anilines is 1. The third-order valence-electron chi connectivity index (χ3n) is 2.24. The molecular weight excluding hydrogens is 190 g/mol. The minimum Gasteiger partial charge on any atom is -0.494 e. The summed E-state index contributed by atoms with van der Waals surface area (Å²) in [5.74, 6) is 0.677. The fraction of sp³-hybridized carbons (Fsp3) is 0.182. The van der Waals surface area contributed by atoms with Gasteiger partial charge in [-0.2, -0.15) is 5.10 Å². The first-order chi connectivity index (χ1) is 7.22. The maximum absolute atomic E-state index is 5.82. The second kappa shape index (κ2) is 3.65. The zero-order valence-corrected chi connectivity index (χ0v) is 8.77. The summed E-state index contributed by atoms with van der Waals surface area (Å²) >= 11 is 0. The van der Waals surface area contributed by atoms with Crippen molar-refractivity contribution in [2.24, 2.45) is 7.05 Å². The fourth-order valence-electron chi connectivity index (χ4n) is 1.54. The van der Waals surface area contributed by atoms with Gasteiger partial charge in [0.2, 0.25) is 0 Å². The number of nitrogens with zero attached hydrogens (tertiary/aromatic N) is 2. The molecule has 0 aliphatic carbocycles. The van der Waals surface area contributed by atoms with Crippen LogP contribution < -0.4 is 10.5 Å². The van der Waals surface area contributed by atoms with E-state index < -0.39 is 0 Å². The Labute approximate surface area is 88.3 Å². The molecule has 0 radical (unpaired) electrons. The Balaban J connectivity index is 2.57. The van der Waals surface area contributed by atoms with E-state index in [1.54, 1.807) is 11.8 Å². The molecule has 15 heavy (non-hydrogen) atoms. The molecule has 0 saturated heterocycles. The summed E-state index contributed by atoms with van der Waals surface area (Å²) in [4.78, 5) is 0. The van der Waals surface area contributed by atoms with E-state index in [0.29, 0.717) is 11.4 Å². The molecule has 0 fully saturated rings. The van der Waals surface area contributed by atoms with Crippen LogP contribution in [0, 0.1) is 0 Å². The summed E-state index contributed by atoms with van der Waals surface area (Å²) in [6.07, 6.45) is 1.89. The van der Waals surface area contributed by atoms with Crippen molar-refractivity contribution in [3.63, 3.8) is 0 Å². The first kappa shape index (κ1) is 9.58. The lowest BCUT2D eigenvalue weighted by Gasteiger charge is -2.08. The molecule has 0 bridgehead atoms. The Bertz CT molecular complexity index is 476. The van der Waals surface area contributed by atoms with E-state index >= 15 is 0 Å². The first-order valence-corrected chi connectivity index (χ1v) is 4.65. The number of aryl methyl sites for hydroxylation is 1. The van der Waals surface area contributed by atoms with Gasteiger partial charge >= 0.3 is 0 Å². The molecule has 4 nitrogen and oxygen atoms in total. The highest BCUT2D eigenvalue weighted by Gasteiger charge is 2.10. The molecule has 0 saturated carbocycles. The second-order valence-electron chi connectivity index (χ2n) is 3.30. The van der Waals surface area contributed by atoms with Gasteiger partial charge in [-0.05, 0) is 18.2 Å². The molecule has 1 aromatic carbocycles.